The van der Waals surface area contributed by atoms with E-state index in [1.54, 1.807) is 36.4 Å². The molecule has 0 spiro atoms. The van der Waals surface area contributed by atoms with Crippen molar-refractivity contribution in [2.75, 3.05) is 18.5 Å². The number of ether oxygens (including phenoxy) is 3. The van der Waals surface area contributed by atoms with Crippen LogP contribution < -0.4 is 19.5 Å². The largest absolute Gasteiger partial charge is 0.490 e. The number of nitriles is 1. The van der Waals surface area contributed by atoms with E-state index < -0.39 is 5.91 Å². The first-order valence-corrected chi connectivity index (χ1v) is 12.4. The van der Waals surface area contributed by atoms with Crippen molar-refractivity contribution >= 4 is 49.5 Å². The van der Waals surface area contributed by atoms with Gasteiger partial charge >= 0.3 is 0 Å². The van der Waals surface area contributed by atoms with Gasteiger partial charge in [0.05, 0.1) is 11.1 Å². The maximum absolute atomic E-state index is 12.7. The number of anilines is 1. The van der Waals surface area contributed by atoms with Crippen LogP contribution >= 0.6 is 31.9 Å². The van der Waals surface area contributed by atoms with Crippen LogP contribution in [-0.2, 0) is 11.4 Å². The van der Waals surface area contributed by atoms with Crippen molar-refractivity contribution in [2.45, 2.75) is 13.5 Å². The molecule has 0 unspecified atom stereocenters. The Morgan fingerprint density at radius 3 is 2.42 bits per heavy atom. The SMILES string of the molecule is C#CCOc1c(Br)cc(/C=C(\C#N)C(=O)Nc2ccc(OCc3ccc(Br)cc3)cc2)cc1OCC. The number of amides is 1. The molecule has 0 fully saturated rings. The molecule has 0 saturated carbocycles. The average Bonchev–Trinajstić information content (AvgIpc) is 2.87. The molecule has 3 aromatic carbocycles. The van der Waals surface area contributed by atoms with E-state index in [-0.39, 0.29) is 12.2 Å². The summed E-state index contributed by atoms with van der Waals surface area (Å²) in [5, 5.41) is 12.3. The summed E-state index contributed by atoms with van der Waals surface area (Å²) in [5.74, 6) is 3.44. The minimum atomic E-state index is -0.539. The molecule has 0 heterocycles. The van der Waals surface area contributed by atoms with Gasteiger partial charge in [0, 0.05) is 10.2 Å². The summed E-state index contributed by atoms with van der Waals surface area (Å²) in [7, 11) is 0. The highest BCUT2D eigenvalue weighted by Crippen LogP contribution is 2.37. The van der Waals surface area contributed by atoms with Crippen LogP contribution in [0.5, 0.6) is 17.2 Å². The molecular weight excluding hydrogens is 588 g/mol. The van der Waals surface area contributed by atoms with Crippen molar-refractivity contribution < 1.29 is 19.0 Å². The molecule has 3 aromatic rings. The van der Waals surface area contributed by atoms with Crippen LogP contribution in [0.4, 0.5) is 5.69 Å². The van der Waals surface area contributed by atoms with E-state index in [9.17, 15) is 10.1 Å². The quantitative estimate of drug-likeness (QED) is 0.156. The van der Waals surface area contributed by atoms with E-state index >= 15 is 0 Å². The van der Waals surface area contributed by atoms with Crippen molar-refractivity contribution in [1.29, 1.82) is 5.26 Å². The average molecular weight is 610 g/mol. The fourth-order valence-corrected chi connectivity index (χ4v) is 3.92. The number of rotatable bonds is 10. The molecule has 0 aliphatic carbocycles. The van der Waals surface area contributed by atoms with Gasteiger partial charge in [-0.15, -0.1) is 6.42 Å². The maximum atomic E-state index is 12.7. The van der Waals surface area contributed by atoms with Gasteiger partial charge in [0.25, 0.3) is 5.91 Å². The molecule has 0 aliphatic rings. The molecule has 8 heteroatoms. The highest BCUT2D eigenvalue weighted by atomic mass is 79.9. The van der Waals surface area contributed by atoms with Crippen molar-refractivity contribution in [3.05, 3.63) is 86.3 Å². The normalized spacial score (nSPS) is 10.6. The van der Waals surface area contributed by atoms with Crippen molar-refractivity contribution in [1.82, 2.24) is 0 Å². The van der Waals surface area contributed by atoms with Crippen molar-refractivity contribution in [3.8, 4) is 35.7 Å². The van der Waals surface area contributed by atoms with Gasteiger partial charge in [-0.25, -0.2) is 0 Å². The number of nitrogens with zero attached hydrogens (tertiary/aromatic N) is 1. The summed E-state index contributed by atoms with van der Waals surface area (Å²) in [6.07, 6.45) is 6.76. The van der Waals surface area contributed by atoms with E-state index in [0.717, 1.165) is 10.0 Å². The molecule has 1 N–H and O–H groups in total. The van der Waals surface area contributed by atoms with Crippen LogP contribution in [0.25, 0.3) is 6.08 Å². The number of hydrogen-bond donors (Lipinski definition) is 1. The summed E-state index contributed by atoms with van der Waals surface area (Å²) >= 11 is 6.85. The number of hydrogen-bond acceptors (Lipinski definition) is 5. The number of carbonyl (C=O) groups is 1. The summed E-state index contributed by atoms with van der Waals surface area (Å²) in [5.41, 5.74) is 2.08. The second kappa shape index (κ2) is 13.4. The van der Waals surface area contributed by atoms with Gasteiger partial charge in [-0.05, 0) is 88.6 Å². The molecule has 0 atom stereocenters. The second-order valence-electron chi connectivity index (χ2n) is 7.32. The van der Waals surface area contributed by atoms with Gasteiger partial charge in [0.1, 0.15) is 30.6 Å². The van der Waals surface area contributed by atoms with Crippen molar-refractivity contribution in [3.63, 3.8) is 0 Å². The minimum Gasteiger partial charge on any atom is -0.490 e. The molecule has 0 aromatic heterocycles. The summed E-state index contributed by atoms with van der Waals surface area (Å²) in [6.45, 7) is 2.74. The summed E-state index contributed by atoms with van der Waals surface area (Å²) in [6, 6.07) is 20.1. The van der Waals surface area contributed by atoms with Gasteiger partial charge < -0.3 is 19.5 Å². The Bertz CT molecular complexity index is 1320. The third-order valence-corrected chi connectivity index (χ3v) is 5.86. The van der Waals surface area contributed by atoms with Gasteiger partial charge in [0.15, 0.2) is 11.5 Å². The zero-order chi connectivity index (χ0) is 25.9. The van der Waals surface area contributed by atoms with Gasteiger partial charge in [-0.1, -0.05) is 34.0 Å². The van der Waals surface area contributed by atoms with Crippen LogP contribution in [-0.4, -0.2) is 19.1 Å². The third kappa shape index (κ3) is 7.64. The van der Waals surface area contributed by atoms with Gasteiger partial charge in [-0.2, -0.15) is 5.26 Å². The van der Waals surface area contributed by atoms with Crippen molar-refractivity contribution in [2.24, 2.45) is 0 Å². The van der Waals surface area contributed by atoms with Crippen LogP contribution in [0.2, 0.25) is 0 Å². The smallest absolute Gasteiger partial charge is 0.266 e. The van der Waals surface area contributed by atoms with Crippen LogP contribution in [0.15, 0.2) is 75.2 Å². The summed E-state index contributed by atoms with van der Waals surface area (Å²) < 4.78 is 18.6. The topological polar surface area (TPSA) is 80.6 Å². The standard InChI is InChI=1S/C28H22Br2N2O4/c1-3-13-35-27-25(30)15-20(16-26(27)34-4-2)14-21(17-31)28(33)32-23-9-11-24(12-10-23)36-18-19-5-7-22(29)8-6-19/h1,5-12,14-16H,4,13,18H2,2H3,(H,32,33)/b21-14+. The number of benzene rings is 3. The fraction of sp³-hybridized carbons (Fsp3) is 0.143. The third-order valence-electron chi connectivity index (χ3n) is 4.74. The second-order valence-corrected chi connectivity index (χ2v) is 9.09. The van der Waals surface area contributed by atoms with Crippen LogP contribution in [0.3, 0.4) is 0 Å². The molecular formula is C28H22Br2N2O4. The first kappa shape index (κ1) is 26.9. The first-order chi connectivity index (χ1) is 17.4. The van der Waals surface area contributed by atoms with E-state index in [0.29, 0.717) is 46.2 Å². The lowest BCUT2D eigenvalue weighted by Crippen LogP contribution is -2.13. The zero-order valence-corrected chi connectivity index (χ0v) is 22.6. The Balaban J connectivity index is 1.69. The predicted molar refractivity (Wildman–Crippen MR) is 147 cm³/mol. The number of halogens is 2. The molecule has 182 valence electrons. The van der Waals surface area contributed by atoms with Crippen LogP contribution in [0, 0.1) is 23.7 Å². The zero-order valence-electron chi connectivity index (χ0n) is 19.4. The van der Waals surface area contributed by atoms with Crippen LogP contribution in [0.1, 0.15) is 18.1 Å². The molecule has 0 saturated heterocycles. The Hall–Kier alpha value is -3.72. The monoisotopic (exact) mass is 608 g/mol. The highest BCUT2D eigenvalue weighted by molar-refractivity contribution is 9.10. The fourth-order valence-electron chi connectivity index (χ4n) is 3.08. The van der Waals surface area contributed by atoms with Gasteiger partial charge in [-0.3, -0.25) is 4.79 Å². The summed E-state index contributed by atoms with van der Waals surface area (Å²) in [4.78, 5) is 12.7. The van der Waals surface area contributed by atoms with E-state index in [1.165, 1.54) is 6.08 Å². The predicted octanol–water partition coefficient (Wildman–Crippen LogP) is 6.75. The molecule has 3 rings (SSSR count). The molecule has 1 amide bonds. The number of nitrogens with one attached hydrogen (secondary N) is 1. The Morgan fingerprint density at radius 2 is 1.78 bits per heavy atom. The minimum absolute atomic E-state index is 0.0720. The van der Waals surface area contributed by atoms with E-state index in [1.807, 2.05) is 37.3 Å². The lowest BCUT2D eigenvalue weighted by Gasteiger charge is -2.13. The maximum Gasteiger partial charge on any atom is 0.266 e. The lowest BCUT2D eigenvalue weighted by molar-refractivity contribution is -0.112. The first-order valence-electron chi connectivity index (χ1n) is 10.9. The number of carbonyl (C=O) groups excluding carboxylic acids is 1. The van der Waals surface area contributed by atoms with E-state index in [4.69, 9.17) is 20.6 Å². The molecule has 36 heavy (non-hydrogen) atoms. The Morgan fingerprint density at radius 1 is 1.06 bits per heavy atom. The Kier molecular flexibility index (Phi) is 10.00. The van der Waals surface area contributed by atoms with Gasteiger partial charge in [0.2, 0.25) is 0 Å². The molecule has 6 nitrogen and oxygen atoms in total. The lowest BCUT2D eigenvalue weighted by atomic mass is 10.1. The molecule has 0 bridgehead atoms. The highest BCUT2D eigenvalue weighted by Gasteiger charge is 2.14. The Labute approximate surface area is 227 Å². The number of terminal acetylenes is 1. The molecule has 0 aliphatic heterocycles. The van der Waals surface area contributed by atoms with E-state index in [2.05, 4.69) is 43.1 Å². The molecule has 0 radical (unpaired) electrons.